The van der Waals surface area contributed by atoms with Crippen molar-refractivity contribution in [2.24, 2.45) is 0 Å². The van der Waals surface area contributed by atoms with Crippen molar-refractivity contribution in [3.63, 3.8) is 0 Å². The fourth-order valence-corrected chi connectivity index (χ4v) is 5.36. The van der Waals surface area contributed by atoms with Crippen molar-refractivity contribution < 1.29 is 26.3 Å². The van der Waals surface area contributed by atoms with Crippen LogP contribution in [0.15, 0.2) is 42.5 Å². The Balaban J connectivity index is 1.54. The van der Waals surface area contributed by atoms with Crippen LogP contribution < -0.4 is 9.46 Å². The molecule has 2 fully saturated rings. The van der Waals surface area contributed by atoms with Crippen molar-refractivity contribution in [2.45, 2.75) is 43.2 Å². The highest BCUT2D eigenvalue weighted by atomic mass is 32.2. The van der Waals surface area contributed by atoms with E-state index in [4.69, 9.17) is 4.74 Å². The van der Waals surface area contributed by atoms with Gasteiger partial charge in [0.05, 0.1) is 22.0 Å². The van der Waals surface area contributed by atoms with Crippen LogP contribution in [0, 0.1) is 11.3 Å². The average molecular weight is 475 g/mol. The summed E-state index contributed by atoms with van der Waals surface area (Å²) in [6, 6.07) is 13.8. The second-order valence-electron chi connectivity index (χ2n) is 8.44. The van der Waals surface area contributed by atoms with E-state index in [1.807, 2.05) is 4.57 Å². The molecular weight excluding hydrogens is 455 g/mol. The Morgan fingerprint density at radius 3 is 2.36 bits per heavy atom. The molecule has 0 spiro atoms. The number of alkyl halides is 3. The molecule has 0 amide bonds. The number of anilines is 1. The molecule has 0 atom stereocenters. The minimum absolute atomic E-state index is 0.0834. The standard InChI is InChI=1S/C23H20F3N3O3S/c24-23(25,26)13-32-17-7-10-19-20(12-27)22(29(16-5-6-16)21(19)11-17)14-1-3-15(4-2-14)28-33(30,31)18-8-9-18/h1-4,7,10-11,16,18,28H,5-6,8-9,13H2. The zero-order chi connectivity index (χ0) is 23.4. The van der Waals surface area contributed by atoms with Crippen LogP contribution in [0.2, 0.25) is 0 Å². The molecule has 2 aliphatic rings. The molecule has 1 N–H and O–H groups in total. The zero-order valence-corrected chi connectivity index (χ0v) is 18.2. The van der Waals surface area contributed by atoms with Crippen LogP contribution in [0.4, 0.5) is 18.9 Å². The Morgan fingerprint density at radius 2 is 1.79 bits per heavy atom. The summed E-state index contributed by atoms with van der Waals surface area (Å²) in [5.74, 6) is 0.0834. The van der Waals surface area contributed by atoms with Crippen LogP contribution in [-0.4, -0.2) is 31.0 Å². The third-order valence-corrected chi connectivity index (χ3v) is 7.65. The molecule has 1 heterocycles. The summed E-state index contributed by atoms with van der Waals surface area (Å²) in [5, 5.41) is 10.2. The van der Waals surface area contributed by atoms with Gasteiger partial charge < -0.3 is 9.30 Å². The molecule has 6 nitrogen and oxygen atoms in total. The predicted octanol–water partition coefficient (Wildman–Crippen LogP) is 5.36. The summed E-state index contributed by atoms with van der Waals surface area (Å²) in [5.41, 5.74) is 2.90. The van der Waals surface area contributed by atoms with Crippen LogP contribution >= 0.6 is 0 Å². The first-order valence-corrected chi connectivity index (χ1v) is 12.1. The number of hydrogen-bond donors (Lipinski definition) is 1. The first-order valence-electron chi connectivity index (χ1n) is 10.6. The van der Waals surface area contributed by atoms with Gasteiger partial charge in [-0.15, -0.1) is 0 Å². The minimum atomic E-state index is -4.45. The van der Waals surface area contributed by atoms with Gasteiger partial charge in [-0.05, 0) is 55.5 Å². The van der Waals surface area contributed by atoms with Crippen molar-refractivity contribution in [2.75, 3.05) is 11.3 Å². The predicted molar refractivity (Wildman–Crippen MR) is 117 cm³/mol. The van der Waals surface area contributed by atoms with Crippen LogP contribution in [0.25, 0.3) is 22.2 Å². The van der Waals surface area contributed by atoms with Gasteiger partial charge in [0, 0.05) is 23.2 Å². The maximum atomic E-state index is 12.6. The van der Waals surface area contributed by atoms with Gasteiger partial charge in [-0.3, -0.25) is 4.72 Å². The highest BCUT2D eigenvalue weighted by molar-refractivity contribution is 7.93. The lowest BCUT2D eigenvalue weighted by Crippen LogP contribution is -2.19. The molecule has 1 aromatic heterocycles. The number of rotatable bonds is 7. The quantitative estimate of drug-likeness (QED) is 0.499. The smallest absolute Gasteiger partial charge is 0.422 e. The number of fused-ring (bicyclic) bond motifs is 1. The molecule has 0 bridgehead atoms. The summed E-state index contributed by atoms with van der Waals surface area (Å²) >= 11 is 0. The first-order chi connectivity index (χ1) is 15.7. The molecule has 0 radical (unpaired) electrons. The number of nitrogens with one attached hydrogen (secondary N) is 1. The first kappa shape index (κ1) is 21.6. The maximum Gasteiger partial charge on any atom is 0.422 e. The molecule has 5 rings (SSSR count). The Morgan fingerprint density at radius 1 is 1.09 bits per heavy atom. The van der Waals surface area contributed by atoms with Crippen LogP contribution in [0.5, 0.6) is 5.75 Å². The topological polar surface area (TPSA) is 84.1 Å². The van der Waals surface area contributed by atoms with Crippen LogP contribution in [0.3, 0.4) is 0 Å². The van der Waals surface area contributed by atoms with E-state index in [1.54, 1.807) is 36.4 Å². The number of nitriles is 1. The molecule has 0 saturated heterocycles. The summed E-state index contributed by atoms with van der Waals surface area (Å²) in [6.07, 6.45) is -1.33. The van der Waals surface area contributed by atoms with Crippen molar-refractivity contribution in [3.05, 3.63) is 48.0 Å². The summed E-state index contributed by atoms with van der Waals surface area (Å²) in [4.78, 5) is 0. The fourth-order valence-electron chi connectivity index (χ4n) is 3.98. The molecule has 2 saturated carbocycles. The molecule has 0 aliphatic heterocycles. The van der Waals surface area contributed by atoms with Crippen LogP contribution in [0.1, 0.15) is 37.3 Å². The van der Waals surface area contributed by atoms with Gasteiger partial charge in [-0.2, -0.15) is 18.4 Å². The molecular formula is C23H20F3N3O3S. The van der Waals surface area contributed by atoms with E-state index >= 15 is 0 Å². The third kappa shape index (κ3) is 4.37. The van der Waals surface area contributed by atoms with Crippen molar-refractivity contribution in [3.8, 4) is 23.1 Å². The fraction of sp³-hybridized carbons (Fsp3) is 0.348. The number of aromatic nitrogens is 1. The Labute approximate surface area is 188 Å². The van der Waals surface area contributed by atoms with Gasteiger partial charge in [-0.25, -0.2) is 8.42 Å². The maximum absolute atomic E-state index is 12.6. The van der Waals surface area contributed by atoms with E-state index in [1.165, 1.54) is 6.07 Å². The number of sulfonamides is 1. The average Bonchev–Trinajstić information content (AvgIpc) is 3.67. The van der Waals surface area contributed by atoms with E-state index in [2.05, 4.69) is 10.8 Å². The van der Waals surface area contributed by atoms with Gasteiger partial charge in [0.25, 0.3) is 0 Å². The molecule has 2 aromatic carbocycles. The monoisotopic (exact) mass is 475 g/mol. The highest BCUT2D eigenvalue weighted by Crippen LogP contribution is 2.45. The van der Waals surface area contributed by atoms with E-state index in [9.17, 15) is 26.9 Å². The molecule has 3 aromatic rings. The number of ether oxygens (including phenoxy) is 1. The van der Waals surface area contributed by atoms with Gasteiger partial charge in [-0.1, -0.05) is 12.1 Å². The molecule has 0 unspecified atom stereocenters. The largest absolute Gasteiger partial charge is 0.484 e. The van der Waals surface area contributed by atoms with E-state index in [-0.39, 0.29) is 17.0 Å². The van der Waals surface area contributed by atoms with Crippen molar-refractivity contribution in [1.29, 1.82) is 5.26 Å². The number of nitrogens with zero attached hydrogens (tertiary/aromatic N) is 2. The molecule has 172 valence electrons. The van der Waals surface area contributed by atoms with Crippen molar-refractivity contribution >= 4 is 26.6 Å². The Kier molecular flexibility index (Phi) is 5.05. The van der Waals surface area contributed by atoms with Gasteiger partial charge >= 0.3 is 6.18 Å². The lowest BCUT2D eigenvalue weighted by Gasteiger charge is -2.13. The summed E-state index contributed by atoms with van der Waals surface area (Å²) in [7, 11) is -3.38. The highest BCUT2D eigenvalue weighted by Gasteiger charge is 2.36. The number of benzene rings is 2. The van der Waals surface area contributed by atoms with E-state index < -0.39 is 22.8 Å². The van der Waals surface area contributed by atoms with Gasteiger partial charge in [0.1, 0.15) is 11.8 Å². The normalized spacial score (nSPS) is 16.5. The Hall–Kier alpha value is -3.19. The summed E-state index contributed by atoms with van der Waals surface area (Å²) in [6.45, 7) is -1.39. The van der Waals surface area contributed by atoms with Gasteiger partial charge in [0.15, 0.2) is 6.61 Å². The lowest BCUT2D eigenvalue weighted by molar-refractivity contribution is -0.153. The molecule has 33 heavy (non-hydrogen) atoms. The lowest BCUT2D eigenvalue weighted by atomic mass is 10.1. The summed E-state index contributed by atoms with van der Waals surface area (Å²) < 4.78 is 71.6. The molecule has 10 heteroatoms. The Bertz CT molecular complexity index is 1360. The second kappa shape index (κ2) is 7.70. The van der Waals surface area contributed by atoms with E-state index in [0.29, 0.717) is 40.7 Å². The van der Waals surface area contributed by atoms with Crippen molar-refractivity contribution in [1.82, 2.24) is 4.57 Å². The second-order valence-corrected chi connectivity index (χ2v) is 10.4. The minimum Gasteiger partial charge on any atom is -0.484 e. The SMILES string of the molecule is N#Cc1c(-c2ccc(NS(=O)(=O)C3CC3)cc2)n(C2CC2)c2cc(OCC(F)(F)F)ccc12. The zero-order valence-electron chi connectivity index (χ0n) is 17.4. The van der Waals surface area contributed by atoms with Crippen LogP contribution in [-0.2, 0) is 10.0 Å². The van der Waals surface area contributed by atoms with Gasteiger partial charge in [0.2, 0.25) is 10.0 Å². The number of hydrogen-bond acceptors (Lipinski definition) is 4. The number of halogens is 3. The molecule has 2 aliphatic carbocycles. The van der Waals surface area contributed by atoms with E-state index in [0.717, 1.165) is 18.4 Å². The third-order valence-electron chi connectivity index (χ3n) is 5.78.